The number of hydrogen-bond acceptors (Lipinski definition) is 8. The largest absolute Gasteiger partial charge is 0.506 e. The number of aromatic nitrogens is 1. The molecule has 1 aliphatic carbocycles. The summed E-state index contributed by atoms with van der Waals surface area (Å²) < 4.78 is 5.87. The van der Waals surface area contributed by atoms with E-state index in [2.05, 4.69) is 15.2 Å². The van der Waals surface area contributed by atoms with Gasteiger partial charge in [-0.05, 0) is 93.9 Å². The molecule has 2 fully saturated rings. The normalized spacial score (nSPS) is 18.3. The number of carbonyl (C=O) groups is 1. The molecule has 0 spiro atoms. The van der Waals surface area contributed by atoms with Gasteiger partial charge in [0.15, 0.2) is 5.60 Å². The maximum atomic E-state index is 13.4. The van der Waals surface area contributed by atoms with Gasteiger partial charge in [-0.15, -0.1) is 0 Å². The molecular weight excluding hydrogens is 618 g/mol. The fourth-order valence-electron chi connectivity index (χ4n) is 7.78. The predicted octanol–water partition coefficient (Wildman–Crippen LogP) is 6.31. The van der Waals surface area contributed by atoms with Gasteiger partial charge in [0, 0.05) is 23.9 Å². The van der Waals surface area contributed by atoms with Crippen LogP contribution in [0.2, 0.25) is 0 Å². The molecule has 0 radical (unpaired) electrons. The average Bonchev–Trinajstić information content (AvgIpc) is 3.14. The number of fused-ring (bicyclic) bond motifs is 1. The van der Waals surface area contributed by atoms with E-state index in [1.165, 1.54) is 44.2 Å². The topological polar surface area (TPSA) is 135 Å². The van der Waals surface area contributed by atoms with Crippen LogP contribution in [0, 0.1) is 11.8 Å². The number of nitrogens with zero attached hydrogens (tertiary/aromatic N) is 1. The van der Waals surface area contributed by atoms with Crippen LogP contribution in [0.5, 0.6) is 5.75 Å². The van der Waals surface area contributed by atoms with Crippen LogP contribution in [-0.2, 0) is 15.1 Å². The van der Waals surface area contributed by atoms with Crippen molar-refractivity contribution in [1.29, 1.82) is 0 Å². The van der Waals surface area contributed by atoms with E-state index in [4.69, 9.17) is 4.74 Å². The van der Waals surface area contributed by atoms with Gasteiger partial charge in [-0.3, -0.25) is 4.79 Å². The van der Waals surface area contributed by atoms with Gasteiger partial charge in [0.05, 0.1) is 18.2 Å². The zero-order valence-electron chi connectivity index (χ0n) is 29.1. The third-order valence-corrected chi connectivity index (χ3v) is 10.8. The van der Waals surface area contributed by atoms with Crippen molar-refractivity contribution in [2.75, 3.05) is 39.3 Å². The first-order chi connectivity index (χ1) is 23.9. The van der Waals surface area contributed by atoms with Gasteiger partial charge in [-0.25, -0.2) is 4.79 Å². The van der Waals surface area contributed by atoms with Crippen LogP contribution < -0.4 is 10.9 Å². The van der Waals surface area contributed by atoms with Crippen LogP contribution in [0.1, 0.15) is 107 Å². The number of hydrogen-bond donors (Lipinski definition) is 5. The lowest BCUT2D eigenvalue weighted by Gasteiger charge is -2.37. The molecular formula is C40H57N3O6. The van der Waals surface area contributed by atoms with Gasteiger partial charge in [0.2, 0.25) is 5.56 Å². The van der Waals surface area contributed by atoms with Crippen molar-refractivity contribution in [3.05, 3.63) is 76.1 Å². The Bertz CT molecular complexity index is 1500. The van der Waals surface area contributed by atoms with Crippen LogP contribution in [-0.4, -0.2) is 70.5 Å². The number of aliphatic hydroxyl groups is 2. The Morgan fingerprint density at radius 1 is 0.898 bits per heavy atom. The summed E-state index contributed by atoms with van der Waals surface area (Å²) in [7, 11) is 0. The van der Waals surface area contributed by atoms with Crippen molar-refractivity contribution in [3.63, 3.8) is 0 Å². The fourth-order valence-corrected chi connectivity index (χ4v) is 7.78. The number of rotatable bonds is 18. The zero-order valence-corrected chi connectivity index (χ0v) is 29.1. The Hall–Kier alpha value is -3.24. The number of likely N-dealkylation sites (tertiary alicyclic amines) is 1. The Labute approximate surface area is 291 Å². The monoisotopic (exact) mass is 675 g/mol. The summed E-state index contributed by atoms with van der Waals surface area (Å²) in [6.07, 6.45) is 14.7. The molecule has 0 bridgehead atoms. The maximum absolute atomic E-state index is 13.4. The molecule has 2 aliphatic rings. The van der Waals surface area contributed by atoms with E-state index in [9.17, 15) is 24.9 Å². The summed E-state index contributed by atoms with van der Waals surface area (Å²) in [5, 5.41) is 36.5. The third kappa shape index (κ3) is 10.2. The van der Waals surface area contributed by atoms with Gasteiger partial charge < -0.3 is 35.3 Å². The number of benzene rings is 2. The summed E-state index contributed by atoms with van der Waals surface area (Å²) in [6, 6.07) is 15.7. The predicted molar refractivity (Wildman–Crippen MR) is 193 cm³/mol. The third-order valence-electron chi connectivity index (χ3n) is 10.8. The van der Waals surface area contributed by atoms with Gasteiger partial charge in [-0.2, -0.15) is 0 Å². The van der Waals surface area contributed by atoms with Crippen molar-refractivity contribution in [2.24, 2.45) is 11.8 Å². The Balaban J connectivity index is 0.888. The quantitative estimate of drug-likeness (QED) is 0.0782. The first kappa shape index (κ1) is 37.0. The second-order valence-electron chi connectivity index (χ2n) is 14.3. The Morgan fingerprint density at radius 2 is 1.59 bits per heavy atom. The number of carbonyl (C=O) groups excluding carboxylic acids is 1. The molecule has 1 saturated heterocycles. The van der Waals surface area contributed by atoms with Crippen LogP contribution in [0.3, 0.4) is 0 Å². The summed E-state index contributed by atoms with van der Waals surface area (Å²) in [5.41, 5.74) is -0.143. The fraction of sp³-hybridized carbons (Fsp3) is 0.600. The molecule has 1 saturated carbocycles. The van der Waals surface area contributed by atoms with Crippen molar-refractivity contribution in [2.45, 2.75) is 102 Å². The number of H-pyrrole nitrogens is 1. The number of phenols is 1. The van der Waals surface area contributed by atoms with E-state index >= 15 is 0 Å². The number of aromatic amines is 1. The number of pyridine rings is 1. The lowest BCUT2D eigenvalue weighted by molar-refractivity contribution is -0.177. The molecule has 0 unspecified atom stereocenters. The van der Waals surface area contributed by atoms with E-state index in [0.29, 0.717) is 41.1 Å². The molecule has 2 atom stereocenters. The smallest absolute Gasteiger partial charge is 0.343 e. The molecule has 9 heteroatoms. The number of phenolic OH excluding ortho intramolecular Hbond substituents is 1. The minimum absolute atomic E-state index is 0.00233. The lowest BCUT2D eigenvalue weighted by atomic mass is 9.73. The van der Waals surface area contributed by atoms with Gasteiger partial charge in [-0.1, -0.05) is 87.8 Å². The van der Waals surface area contributed by atoms with Gasteiger partial charge >= 0.3 is 5.97 Å². The minimum atomic E-state index is -1.56. The molecule has 2 aromatic carbocycles. The van der Waals surface area contributed by atoms with Crippen molar-refractivity contribution < 1.29 is 24.9 Å². The highest BCUT2D eigenvalue weighted by Gasteiger charge is 2.47. The highest BCUT2D eigenvalue weighted by Crippen LogP contribution is 2.40. The molecule has 5 N–H and O–H groups in total. The number of esters is 1. The SMILES string of the molecule is O=C(OCC1CCN(CCCCCCCCCNC[C@H](O)c2ccc(O)c3[nH]c(=O)ccc23)CC1)[C@@](O)(c1ccccc1)C1CCCCC1. The van der Waals surface area contributed by atoms with Crippen LogP contribution in [0.4, 0.5) is 0 Å². The number of nitrogens with one attached hydrogen (secondary N) is 2. The van der Waals surface area contributed by atoms with Gasteiger partial charge in [0.1, 0.15) is 5.75 Å². The number of aliphatic hydroxyl groups excluding tert-OH is 1. The first-order valence-corrected chi connectivity index (χ1v) is 18.8. The standard InChI is InChI=1S/C40H57N3O6/c44-35-20-18-33(34-19-21-37(46)42-38(34)35)36(45)28-41-24-12-4-2-1-3-5-13-25-43-26-22-30(23-27-43)29-49-39(47)40(48,31-14-8-6-9-15-31)32-16-10-7-11-17-32/h6,8-9,14-15,18-21,30,32,36,41,44-45,48H,1-5,7,10-13,16-17,22-29H2,(H,42,46)/t36-,40+/m0/s1. The summed E-state index contributed by atoms with van der Waals surface area (Å²) >= 11 is 0. The average molecular weight is 676 g/mol. The lowest BCUT2D eigenvalue weighted by Crippen LogP contribution is -2.46. The van der Waals surface area contributed by atoms with Crippen molar-refractivity contribution >= 4 is 16.9 Å². The number of ether oxygens (including phenoxy) is 1. The van der Waals surface area contributed by atoms with Crippen LogP contribution in [0.15, 0.2) is 59.4 Å². The molecule has 268 valence electrons. The second kappa shape index (κ2) is 18.7. The number of unbranched alkanes of at least 4 members (excludes halogenated alkanes) is 6. The molecule has 1 aliphatic heterocycles. The van der Waals surface area contributed by atoms with E-state index in [0.717, 1.165) is 84.0 Å². The minimum Gasteiger partial charge on any atom is -0.506 e. The highest BCUT2D eigenvalue weighted by atomic mass is 16.5. The molecule has 5 rings (SSSR count). The molecule has 0 amide bonds. The van der Waals surface area contributed by atoms with E-state index in [1.807, 2.05) is 30.3 Å². The molecule has 3 aromatic rings. The Kier molecular flexibility index (Phi) is 14.1. The summed E-state index contributed by atoms with van der Waals surface area (Å²) in [4.78, 5) is 30.2. The van der Waals surface area contributed by atoms with E-state index in [1.54, 1.807) is 12.1 Å². The summed E-state index contributed by atoms with van der Waals surface area (Å²) in [5.74, 6) is -0.208. The number of piperidine rings is 1. The van der Waals surface area contributed by atoms with E-state index < -0.39 is 17.7 Å². The molecule has 2 heterocycles. The van der Waals surface area contributed by atoms with Gasteiger partial charge in [0.25, 0.3) is 0 Å². The van der Waals surface area contributed by atoms with Crippen molar-refractivity contribution in [3.8, 4) is 5.75 Å². The highest BCUT2D eigenvalue weighted by molar-refractivity contribution is 5.87. The zero-order chi connectivity index (χ0) is 34.5. The first-order valence-electron chi connectivity index (χ1n) is 18.8. The number of aromatic hydroxyl groups is 1. The van der Waals surface area contributed by atoms with E-state index in [-0.39, 0.29) is 17.2 Å². The van der Waals surface area contributed by atoms with Crippen LogP contribution >= 0.6 is 0 Å². The molecule has 49 heavy (non-hydrogen) atoms. The van der Waals surface area contributed by atoms with Crippen molar-refractivity contribution in [1.82, 2.24) is 15.2 Å². The molecule has 9 nitrogen and oxygen atoms in total. The summed E-state index contributed by atoms with van der Waals surface area (Å²) in [6.45, 7) is 4.85. The Morgan fingerprint density at radius 3 is 2.33 bits per heavy atom. The second-order valence-corrected chi connectivity index (χ2v) is 14.3. The maximum Gasteiger partial charge on any atom is 0.343 e. The van der Waals surface area contributed by atoms with Crippen LogP contribution in [0.25, 0.3) is 10.9 Å². The molecule has 1 aromatic heterocycles.